The molecule has 6 heteroatoms. The Labute approximate surface area is 99.3 Å². The van der Waals surface area contributed by atoms with Gasteiger partial charge in [0.05, 0.1) is 6.04 Å². The first-order chi connectivity index (χ1) is 8.08. The lowest BCUT2D eigenvalue weighted by Gasteiger charge is -2.08. The minimum absolute atomic E-state index is 0.238. The topological polar surface area (TPSA) is 90.7 Å². The van der Waals surface area contributed by atoms with Gasteiger partial charge >= 0.3 is 0 Å². The van der Waals surface area contributed by atoms with E-state index in [0.29, 0.717) is 17.5 Å². The van der Waals surface area contributed by atoms with Gasteiger partial charge in [0, 0.05) is 12.4 Å². The summed E-state index contributed by atoms with van der Waals surface area (Å²) in [7, 11) is 0. The van der Waals surface area contributed by atoms with Crippen molar-refractivity contribution >= 4 is 0 Å². The van der Waals surface area contributed by atoms with Crippen molar-refractivity contribution in [3.8, 4) is 11.6 Å². The SMILES string of the molecule is Cc1cnc(-c2noc([C@@H](N)C(C)C)n2)nc1. The van der Waals surface area contributed by atoms with E-state index < -0.39 is 0 Å². The van der Waals surface area contributed by atoms with E-state index in [2.05, 4.69) is 20.1 Å². The summed E-state index contributed by atoms with van der Waals surface area (Å²) in [6.07, 6.45) is 3.42. The summed E-state index contributed by atoms with van der Waals surface area (Å²) in [6, 6.07) is -0.262. The van der Waals surface area contributed by atoms with Crippen molar-refractivity contribution in [3.63, 3.8) is 0 Å². The van der Waals surface area contributed by atoms with E-state index in [1.165, 1.54) is 0 Å². The van der Waals surface area contributed by atoms with Crippen molar-refractivity contribution in [3.05, 3.63) is 23.8 Å². The van der Waals surface area contributed by atoms with Crippen LogP contribution < -0.4 is 5.73 Å². The highest BCUT2D eigenvalue weighted by Crippen LogP contribution is 2.19. The molecule has 2 aromatic rings. The first-order valence-electron chi connectivity index (χ1n) is 5.46. The van der Waals surface area contributed by atoms with Crippen molar-refractivity contribution < 1.29 is 4.52 Å². The van der Waals surface area contributed by atoms with E-state index in [0.717, 1.165) is 5.56 Å². The van der Waals surface area contributed by atoms with Crippen LogP contribution in [0.4, 0.5) is 0 Å². The average molecular weight is 233 g/mol. The van der Waals surface area contributed by atoms with Crippen LogP contribution in [0.5, 0.6) is 0 Å². The maximum Gasteiger partial charge on any atom is 0.244 e. The quantitative estimate of drug-likeness (QED) is 0.863. The maximum atomic E-state index is 5.92. The van der Waals surface area contributed by atoms with Crippen LogP contribution in [0.2, 0.25) is 0 Å². The molecule has 0 aliphatic carbocycles. The number of hydrogen-bond donors (Lipinski definition) is 1. The molecule has 0 aliphatic rings. The molecule has 2 heterocycles. The average Bonchev–Trinajstić information content (AvgIpc) is 2.78. The lowest BCUT2D eigenvalue weighted by atomic mass is 10.1. The molecule has 0 unspecified atom stereocenters. The van der Waals surface area contributed by atoms with Crippen molar-refractivity contribution in [1.82, 2.24) is 20.1 Å². The summed E-state index contributed by atoms with van der Waals surface area (Å²) < 4.78 is 5.11. The Morgan fingerprint density at radius 1 is 1.18 bits per heavy atom. The Hall–Kier alpha value is -1.82. The predicted octanol–water partition coefficient (Wildman–Crippen LogP) is 1.49. The summed E-state index contributed by atoms with van der Waals surface area (Å²) in [5, 5.41) is 3.83. The number of nitrogens with two attached hydrogens (primary N) is 1. The lowest BCUT2D eigenvalue weighted by Crippen LogP contribution is -2.16. The minimum atomic E-state index is -0.262. The van der Waals surface area contributed by atoms with Gasteiger partial charge in [-0.15, -0.1) is 0 Å². The van der Waals surface area contributed by atoms with Gasteiger partial charge in [0.2, 0.25) is 17.5 Å². The molecule has 0 spiro atoms. The number of rotatable bonds is 3. The Morgan fingerprint density at radius 3 is 2.41 bits per heavy atom. The van der Waals surface area contributed by atoms with Gasteiger partial charge in [-0.3, -0.25) is 0 Å². The molecule has 2 N–H and O–H groups in total. The molecular weight excluding hydrogens is 218 g/mol. The standard InChI is InChI=1S/C11H15N5O/c1-6(2)8(12)11-15-10(16-17-11)9-13-4-7(3)5-14-9/h4-6,8H,12H2,1-3H3/t8-/m0/s1. The fourth-order valence-electron chi connectivity index (χ4n) is 1.25. The molecule has 90 valence electrons. The highest BCUT2D eigenvalue weighted by molar-refractivity contribution is 5.41. The zero-order chi connectivity index (χ0) is 12.4. The van der Waals surface area contributed by atoms with Crippen LogP contribution in [0.15, 0.2) is 16.9 Å². The van der Waals surface area contributed by atoms with Crippen LogP contribution in [0.3, 0.4) is 0 Å². The third-order valence-corrected chi connectivity index (χ3v) is 2.43. The molecule has 17 heavy (non-hydrogen) atoms. The van der Waals surface area contributed by atoms with E-state index in [1.807, 2.05) is 20.8 Å². The third-order valence-electron chi connectivity index (χ3n) is 2.43. The largest absolute Gasteiger partial charge is 0.337 e. The first kappa shape index (κ1) is 11.7. The molecule has 2 rings (SSSR count). The molecule has 1 atom stereocenters. The second kappa shape index (κ2) is 4.58. The zero-order valence-corrected chi connectivity index (χ0v) is 10.1. The number of aromatic nitrogens is 4. The second-order valence-corrected chi connectivity index (χ2v) is 4.31. The van der Waals surface area contributed by atoms with Crippen molar-refractivity contribution in [2.24, 2.45) is 11.7 Å². The van der Waals surface area contributed by atoms with Gasteiger partial charge in [0.25, 0.3) is 0 Å². The highest BCUT2D eigenvalue weighted by atomic mass is 16.5. The number of nitrogens with zero attached hydrogens (tertiary/aromatic N) is 4. The van der Waals surface area contributed by atoms with Crippen LogP contribution >= 0.6 is 0 Å². The Morgan fingerprint density at radius 2 is 1.82 bits per heavy atom. The maximum absolute atomic E-state index is 5.92. The summed E-state index contributed by atoms with van der Waals surface area (Å²) in [5.74, 6) is 1.47. The van der Waals surface area contributed by atoms with Crippen LogP contribution in [-0.4, -0.2) is 20.1 Å². The van der Waals surface area contributed by atoms with Crippen LogP contribution in [-0.2, 0) is 0 Å². The normalized spacial score (nSPS) is 13.0. The zero-order valence-electron chi connectivity index (χ0n) is 10.1. The molecule has 0 saturated carbocycles. The highest BCUT2D eigenvalue weighted by Gasteiger charge is 2.19. The Kier molecular flexibility index (Phi) is 3.14. The molecule has 2 aromatic heterocycles. The third kappa shape index (κ3) is 2.47. The van der Waals surface area contributed by atoms with E-state index in [9.17, 15) is 0 Å². The summed E-state index contributed by atoms with van der Waals surface area (Å²) in [5.41, 5.74) is 6.90. The van der Waals surface area contributed by atoms with Gasteiger partial charge < -0.3 is 10.3 Å². The van der Waals surface area contributed by atoms with Gasteiger partial charge in [-0.1, -0.05) is 19.0 Å². The van der Waals surface area contributed by atoms with Gasteiger partial charge in [-0.2, -0.15) is 4.98 Å². The van der Waals surface area contributed by atoms with E-state index >= 15 is 0 Å². The van der Waals surface area contributed by atoms with E-state index in [-0.39, 0.29) is 12.0 Å². The summed E-state index contributed by atoms with van der Waals surface area (Å²) in [4.78, 5) is 12.5. The Bertz CT molecular complexity index is 491. The summed E-state index contributed by atoms with van der Waals surface area (Å²) in [6.45, 7) is 5.91. The van der Waals surface area contributed by atoms with Gasteiger partial charge in [-0.25, -0.2) is 9.97 Å². The predicted molar refractivity (Wildman–Crippen MR) is 61.8 cm³/mol. The number of aryl methyl sites for hydroxylation is 1. The Balaban J connectivity index is 2.26. The molecule has 0 fully saturated rings. The number of hydrogen-bond acceptors (Lipinski definition) is 6. The first-order valence-corrected chi connectivity index (χ1v) is 5.46. The molecule has 0 aromatic carbocycles. The summed E-state index contributed by atoms with van der Waals surface area (Å²) >= 11 is 0. The van der Waals surface area contributed by atoms with Crippen LogP contribution in [0.25, 0.3) is 11.6 Å². The van der Waals surface area contributed by atoms with E-state index in [4.69, 9.17) is 10.3 Å². The molecule has 0 amide bonds. The van der Waals surface area contributed by atoms with Gasteiger partial charge in [0.1, 0.15) is 0 Å². The fourth-order valence-corrected chi connectivity index (χ4v) is 1.25. The molecule has 0 bridgehead atoms. The van der Waals surface area contributed by atoms with Crippen molar-refractivity contribution in [2.75, 3.05) is 0 Å². The second-order valence-electron chi connectivity index (χ2n) is 4.31. The van der Waals surface area contributed by atoms with Crippen molar-refractivity contribution in [1.29, 1.82) is 0 Å². The molecule has 6 nitrogen and oxygen atoms in total. The molecule has 0 radical (unpaired) electrons. The lowest BCUT2D eigenvalue weighted by molar-refractivity contribution is 0.325. The fraction of sp³-hybridized carbons (Fsp3) is 0.455. The smallest absolute Gasteiger partial charge is 0.244 e. The minimum Gasteiger partial charge on any atom is -0.337 e. The van der Waals surface area contributed by atoms with E-state index in [1.54, 1.807) is 12.4 Å². The van der Waals surface area contributed by atoms with Gasteiger partial charge in [0.15, 0.2) is 0 Å². The van der Waals surface area contributed by atoms with Crippen LogP contribution in [0.1, 0.15) is 31.3 Å². The van der Waals surface area contributed by atoms with Crippen molar-refractivity contribution in [2.45, 2.75) is 26.8 Å². The molecule has 0 saturated heterocycles. The van der Waals surface area contributed by atoms with Crippen LogP contribution in [0, 0.1) is 12.8 Å². The van der Waals surface area contributed by atoms with Gasteiger partial charge in [-0.05, 0) is 18.4 Å². The molecule has 0 aliphatic heterocycles. The monoisotopic (exact) mass is 233 g/mol. The molecular formula is C11H15N5O.